The highest BCUT2D eigenvalue weighted by Crippen LogP contribution is 2.17. The van der Waals surface area contributed by atoms with Crippen LogP contribution in [0.25, 0.3) is 11.1 Å². The zero-order valence-corrected chi connectivity index (χ0v) is 13.1. The summed E-state index contributed by atoms with van der Waals surface area (Å²) in [5.41, 5.74) is 2.26. The summed E-state index contributed by atoms with van der Waals surface area (Å²) in [5, 5.41) is 5.83. The Morgan fingerprint density at radius 2 is 2.05 bits per heavy atom. The first-order chi connectivity index (χ1) is 8.70. The van der Waals surface area contributed by atoms with Gasteiger partial charge in [0.1, 0.15) is 5.52 Å². The average Bonchev–Trinajstić information content (AvgIpc) is 2.77. The molecule has 0 radical (unpaired) electrons. The van der Waals surface area contributed by atoms with Crippen LogP contribution in [0.5, 0.6) is 0 Å². The van der Waals surface area contributed by atoms with Crippen LogP contribution in [0.4, 0.5) is 0 Å². The summed E-state index contributed by atoms with van der Waals surface area (Å²) >= 11 is 0. The van der Waals surface area contributed by atoms with Crippen molar-refractivity contribution in [2.45, 2.75) is 13.3 Å². The van der Waals surface area contributed by atoms with E-state index in [1.807, 2.05) is 26.1 Å². The summed E-state index contributed by atoms with van der Waals surface area (Å²) in [5.74, 6) is 0.120. The highest BCUT2D eigenvalue weighted by Gasteiger charge is 2.12. The normalized spacial score (nSPS) is 9.70. The molecule has 0 saturated carbocycles. The van der Waals surface area contributed by atoms with E-state index in [1.165, 1.54) is 0 Å². The predicted octanol–water partition coefficient (Wildman–Crippen LogP) is 2.32. The van der Waals surface area contributed by atoms with Gasteiger partial charge >= 0.3 is 0 Å². The summed E-state index contributed by atoms with van der Waals surface area (Å²) in [6.07, 6.45) is 0.889. The van der Waals surface area contributed by atoms with Gasteiger partial charge in [0.15, 0.2) is 11.3 Å². The molecule has 0 fully saturated rings. The van der Waals surface area contributed by atoms with E-state index < -0.39 is 0 Å². The third-order valence-electron chi connectivity index (χ3n) is 2.63. The molecule has 1 amide bonds. The fourth-order valence-corrected chi connectivity index (χ4v) is 1.69. The maximum absolute atomic E-state index is 11.8. The zero-order valence-electron chi connectivity index (χ0n) is 11.4. The Hall–Kier alpha value is -1.30. The molecule has 0 spiro atoms. The van der Waals surface area contributed by atoms with Gasteiger partial charge in [-0.25, -0.2) is 4.98 Å². The van der Waals surface area contributed by atoms with E-state index in [4.69, 9.17) is 4.42 Å². The van der Waals surface area contributed by atoms with Crippen LogP contribution in [0.3, 0.4) is 0 Å². The zero-order chi connectivity index (χ0) is 13.0. The first-order valence-electron chi connectivity index (χ1n) is 6.00. The lowest BCUT2D eigenvalue weighted by molar-refractivity contribution is 0.0928. The van der Waals surface area contributed by atoms with Gasteiger partial charge in [-0.15, -0.1) is 24.8 Å². The molecule has 0 aliphatic carbocycles. The van der Waals surface area contributed by atoms with Crippen LogP contribution >= 0.6 is 24.8 Å². The van der Waals surface area contributed by atoms with Crippen molar-refractivity contribution in [1.29, 1.82) is 0 Å². The van der Waals surface area contributed by atoms with Crippen molar-refractivity contribution in [2.75, 3.05) is 20.1 Å². The summed E-state index contributed by atoms with van der Waals surface area (Å²) in [6.45, 7) is 3.41. The predicted molar refractivity (Wildman–Crippen MR) is 84.1 cm³/mol. The van der Waals surface area contributed by atoms with Gasteiger partial charge in [-0.05, 0) is 39.1 Å². The Morgan fingerprint density at radius 1 is 1.30 bits per heavy atom. The minimum Gasteiger partial charge on any atom is -0.449 e. The Balaban J connectivity index is 0.00000180. The summed E-state index contributed by atoms with van der Waals surface area (Å²) < 4.78 is 5.45. The number of carbonyl (C=O) groups is 1. The maximum atomic E-state index is 11.8. The Labute approximate surface area is 130 Å². The smallest absolute Gasteiger partial charge is 0.287 e. The molecule has 0 atom stereocenters. The van der Waals surface area contributed by atoms with Gasteiger partial charge in [0.25, 0.3) is 5.91 Å². The van der Waals surface area contributed by atoms with Crippen LogP contribution in [0.15, 0.2) is 22.6 Å². The molecule has 5 nitrogen and oxygen atoms in total. The van der Waals surface area contributed by atoms with Crippen molar-refractivity contribution >= 4 is 41.8 Å². The molecule has 0 aliphatic heterocycles. The fraction of sp³-hybridized carbons (Fsp3) is 0.385. The molecule has 2 aromatic heterocycles. The lowest BCUT2D eigenvalue weighted by Crippen LogP contribution is -2.26. The molecular weight excluding hydrogens is 301 g/mol. The van der Waals surface area contributed by atoms with Gasteiger partial charge in [-0.2, -0.15) is 0 Å². The first-order valence-corrected chi connectivity index (χ1v) is 6.00. The Bertz CT molecular complexity index is 558. The second-order valence-electron chi connectivity index (χ2n) is 4.16. The third-order valence-corrected chi connectivity index (χ3v) is 2.63. The van der Waals surface area contributed by atoms with E-state index in [9.17, 15) is 4.79 Å². The number of nitrogens with zero attached hydrogens (tertiary/aromatic N) is 1. The number of furan rings is 1. The summed E-state index contributed by atoms with van der Waals surface area (Å²) in [4.78, 5) is 16.1. The van der Waals surface area contributed by atoms with E-state index in [0.29, 0.717) is 17.9 Å². The standard InChI is InChI=1S/C13H17N3O2.2ClH/c1-9-4-5-11-10(16-9)8-12(18-11)13(17)15-7-3-6-14-2;;/h4-5,8,14H,3,6-7H2,1-2H3,(H,15,17);2*1H. The SMILES string of the molecule is CNCCCNC(=O)c1cc2nc(C)ccc2o1.Cl.Cl. The molecule has 0 bridgehead atoms. The van der Waals surface area contributed by atoms with Crippen molar-refractivity contribution in [2.24, 2.45) is 0 Å². The Morgan fingerprint density at radius 3 is 2.75 bits per heavy atom. The fourth-order valence-electron chi connectivity index (χ4n) is 1.69. The molecule has 2 aromatic rings. The van der Waals surface area contributed by atoms with E-state index in [-0.39, 0.29) is 30.7 Å². The number of carbonyl (C=O) groups excluding carboxylic acids is 1. The van der Waals surface area contributed by atoms with Crippen molar-refractivity contribution < 1.29 is 9.21 Å². The highest BCUT2D eigenvalue weighted by molar-refractivity contribution is 5.95. The van der Waals surface area contributed by atoms with E-state index in [2.05, 4.69) is 15.6 Å². The number of hydrogen-bond donors (Lipinski definition) is 2. The summed E-state index contributed by atoms with van der Waals surface area (Å²) in [7, 11) is 1.88. The number of rotatable bonds is 5. The molecule has 0 saturated heterocycles. The van der Waals surface area contributed by atoms with Crippen LogP contribution in [-0.2, 0) is 0 Å². The van der Waals surface area contributed by atoms with Crippen LogP contribution < -0.4 is 10.6 Å². The molecule has 0 unspecified atom stereocenters. The number of amides is 1. The number of fused-ring (bicyclic) bond motifs is 1. The second-order valence-corrected chi connectivity index (χ2v) is 4.16. The largest absolute Gasteiger partial charge is 0.449 e. The van der Waals surface area contributed by atoms with Crippen LogP contribution in [-0.4, -0.2) is 31.0 Å². The second kappa shape index (κ2) is 8.79. The Kier molecular flexibility index (Phi) is 8.22. The molecule has 0 aromatic carbocycles. The number of halogens is 2. The molecule has 2 rings (SSSR count). The average molecular weight is 320 g/mol. The number of aryl methyl sites for hydroxylation is 1. The number of pyridine rings is 1. The van der Waals surface area contributed by atoms with Gasteiger partial charge in [-0.1, -0.05) is 0 Å². The topological polar surface area (TPSA) is 67.2 Å². The lowest BCUT2D eigenvalue weighted by atomic mass is 10.3. The van der Waals surface area contributed by atoms with Crippen molar-refractivity contribution in [3.05, 3.63) is 29.7 Å². The van der Waals surface area contributed by atoms with Crippen molar-refractivity contribution in [3.63, 3.8) is 0 Å². The van der Waals surface area contributed by atoms with Crippen LogP contribution in [0.2, 0.25) is 0 Å². The van der Waals surface area contributed by atoms with Gasteiger partial charge in [0, 0.05) is 18.3 Å². The molecule has 7 heteroatoms. The van der Waals surface area contributed by atoms with Gasteiger partial charge in [0.05, 0.1) is 0 Å². The van der Waals surface area contributed by atoms with Crippen molar-refractivity contribution in [1.82, 2.24) is 15.6 Å². The van der Waals surface area contributed by atoms with Crippen LogP contribution in [0.1, 0.15) is 22.7 Å². The first kappa shape index (κ1) is 18.7. The van der Waals surface area contributed by atoms with E-state index in [0.717, 1.165) is 24.2 Å². The maximum Gasteiger partial charge on any atom is 0.287 e. The monoisotopic (exact) mass is 319 g/mol. The third kappa shape index (κ3) is 4.67. The van der Waals surface area contributed by atoms with E-state index >= 15 is 0 Å². The minimum atomic E-state index is -0.193. The van der Waals surface area contributed by atoms with Gasteiger partial charge in [0.2, 0.25) is 0 Å². The highest BCUT2D eigenvalue weighted by atomic mass is 35.5. The van der Waals surface area contributed by atoms with Gasteiger partial charge in [-0.3, -0.25) is 4.79 Å². The molecule has 2 N–H and O–H groups in total. The minimum absolute atomic E-state index is 0. The van der Waals surface area contributed by atoms with E-state index in [1.54, 1.807) is 6.07 Å². The number of nitrogens with one attached hydrogen (secondary N) is 2. The van der Waals surface area contributed by atoms with Crippen molar-refractivity contribution in [3.8, 4) is 0 Å². The molecule has 20 heavy (non-hydrogen) atoms. The van der Waals surface area contributed by atoms with Gasteiger partial charge < -0.3 is 15.1 Å². The molecule has 2 heterocycles. The molecule has 112 valence electrons. The molecular formula is C13H19Cl2N3O2. The summed E-state index contributed by atoms with van der Waals surface area (Å²) in [6, 6.07) is 5.37. The molecule has 0 aliphatic rings. The quantitative estimate of drug-likeness (QED) is 0.830. The number of hydrogen-bond acceptors (Lipinski definition) is 4. The van der Waals surface area contributed by atoms with Crippen LogP contribution in [0, 0.1) is 6.92 Å². The lowest BCUT2D eigenvalue weighted by Gasteiger charge is -2.01. The number of aromatic nitrogens is 1.